The van der Waals surface area contributed by atoms with Crippen LogP contribution in [0.25, 0.3) is 0 Å². The van der Waals surface area contributed by atoms with Crippen LogP contribution in [0.3, 0.4) is 0 Å². The summed E-state index contributed by atoms with van der Waals surface area (Å²) in [6, 6.07) is 1.95. The highest BCUT2D eigenvalue weighted by Crippen LogP contribution is 1.87. The van der Waals surface area contributed by atoms with Gasteiger partial charge in [-0.2, -0.15) is 5.26 Å². The molecule has 0 heterocycles. The lowest BCUT2D eigenvalue weighted by Gasteiger charge is -1.76. The van der Waals surface area contributed by atoms with Crippen LogP contribution in [-0.2, 0) is 0 Å². The van der Waals surface area contributed by atoms with Crippen LogP contribution in [-0.4, -0.2) is 6.67 Å². The molecule has 0 aromatic rings. The number of unbranched alkanes of at least 4 members (excludes halogenated alkanes) is 1. The van der Waals surface area contributed by atoms with Gasteiger partial charge in [0.25, 0.3) is 0 Å². The Morgan fingerprint density at radius 3 is 2.75 bits per heavy atom. The molecule has 0 bridgehead atoms. The first-order valence-corrected chi connectivity index (χ1v) is 2.49. The van der Waals surface area contributed by atoms with Crippen molar-refractivity contribution >= 4 is 0 Å². The molecule has 1 nitrogen and oxygen atoms in total. The van der Waals surface area contributed by atoms with E-state index in [1.165, 1.54) is 6.08 Å². The molecule has 0 atom stereocenters. The maximum Gasteiger partial charge on any atom is 0.108 e. The van der Waals surface area contributed by atoms with E-state index in [4.69, 9.17) is 5.26 Å². The maximum absolute atomic E-state index is 11.3. The third-order valence-electron chi connectivity index (χ3n) is 0.679. The molecular formula is C6H8FN. The molecule has 0 saturated carbocycles. The highest BCUT2D eigenvalue weighted by Gasteiger charge is 1.74. The molecule has 0 N–H and O–H groups in total. The summed E-state index contributed by atoms with van der Waals surface area (Å²) in [6.07, 6.45) is 4.23. The highest BCUT2D eigenvalue weighted by atomic mass is 19.1. The first-order valence-electron chi connectivity index (χ1n) is 2.49. The minimum absolute atomic E-state index is 0.425. The van der Waals surface area contributed by atoms with E-state index >= 15 is 0 Å². The highest BCUT2D eigenvalue weighted by molar-refractivity contribution is 4.84. The van der Waals surface area contributed by atoms with E-state index in [-0.39, 0.29) is 0 Å². The van der Waals surface area contributed by atoms with Gasteiger partial charge in [-0.1, -0.05) is 12.2 Å². The fourth-order valence-corrected chi connectivity index (χ4v) is 0.329. The van der Waals surface area contributed by atoms with Gasteiger partial charge in [-0.25, -0.2) is 4.39 Å². The summed E-state index contributed by atoms with van der Waals surface area (Å²) in [4.78, 5) is 0. The van der Waals surface area contributed by atoms with Gasteiger partial charge in [0.2, 0.25) is 0 Å². The summed E-state index contributed by atoms with van der Waals surface area (Å²) in [5.74, 6) is 0. The zero-order valence-electron chi connectivity index (χ0n) is 4.60. The number of hydrogen-bond acceptors (Lipinski definition) is 1. The van der Waals surface area contributed by atoms with E-state index < -0.39 is 6.67 Å². The van der Waals surface area contributed by atoms with Crippen molar-refractivity contribution in [2.24, 2.45) is 0 Å². The van der Waals surface area contributed by atoms with Crippen LogP contribution in [0.4, 0.5) is 4.39 Å². The largest absolute Gasteiger partial charge is 0.247 e. The second kappa shape index (κ2) is 6.16. The molecule has 0 aromatic carbocycles. The van der Waals surface area contributed by atoms with Gasteiger partial charge in [0, 0.05) is 6.42 Å². The number of alkyl halides is 1. The van der Waals surface area contributed by atoms with E-state index in [0.29, 0.717) is 12.8 Å². The van der Waals surface area contributed by atoms with Gasteiger partial charge in [0.15, 0.2) is 0 Å². The van der Waals surface area contributed by atoms with Gasteiger partial charge < -0.3 is 0 Å². The van der Waals surface area contributed by atoms with Crippen molar-refractivity contribution in [3.8, 4) is 6.07 Å². The molecule has 0 rings (SSSR count). The lowest BCUT2D eigenvalue weighted by molar-refractivity contribution is 0.561. The van der Waals surface area contributed by atoms with E-state index in [2.05, 4.69) is 0 Å². The van der Waals surface area contributed by atoms with Gasteiger partial charge in [-0.3, -0.25) is 0 Å². The van der Waals surface area contributed by atoms with Crippen LogP contribution in [0.15, 0.2) is 12.2 Å². The van der Waals surface area contributed by atoms with E-state index in [1.54, 1.807) is 6.08 Å². The molecule has 8 heavy (non-hydrogen) atoms. The van der Waals surface area contributed by atoms with Crippen LogP contribution in [0.5, 0.6) is 0 Å². The average Bonchev–Trinajstić information content (AvgIpc) is 1.81. The summed E-state index contributed by atoms with van der Waals surface area (Å²) < 4.78 is 11.3. The van der Waals surface area contributed by atoms with Gasteiger partial charge in [0.05, 0.1) is 6.07 Å². The smallest absolute Gasteiger partial charge is 0.108 e. The molecule has 0 unspecified atom stereocenters. The Balaban J connectivity index is 2.94. The second-order valence-electron chi connectivity index (χ2n) is 1.32. The average molecular weight is 113 g/mol. The van der Waals surface area contributed by atoms with Gasteiger partial charge in [-0.15, -0.1) is 0 Å². The van der Waals surface area contributed by atoms with Crippen molar-refractivity contribution in [3.05, 3.63) is 12.2 Å². The monoisotopic (exact) mass is 113 g/mol. The van der Waals surface area contributed by atoms with Crippen molar-refractivity contribution < 1.29 is 4.39 Å². The molecule has 0 amide bonds. The Morgan fingerprint density at radius 1 is 1.50 bits per heavy atom. The molecule has 0 aliphatic rings. The first-order chi connectivity index (χ1) is 3.91. The van der Waals surface area contributed by atoms with E-state index in [9.17, 15) is 4.39 Å². The van der Waals surface area contributed by atoms with Crippen LogP contribution < -0.4 is 0 Å². The molecule has 44 valence electrons. The number of allylic oxidation sites excluding steroid dienone is 2. The van der Waals surface area contributed by atoms with Crippen LogP contribution in [0.1, 0.15) is 12.8 Å². The van der Waals surface area contributed by atoms with Crippen molar-refractivity contribution in [1.82, 2.24) is 0 Å². The molecule has 2 heteroatoms. The minimum atomic E-state index is -0.425. The molecule has 0 spiro atoms. The minimum Gasteiger partial charge on any atom is -0.247 e. The van der Waals surface area contributed by atoms with Gasteiger partial charge in [0.1, 0.15) is 6.67 Å². The van der Waals surface area contributed by atoms with Crippen molar-refractivity contribution in [3.63, 3.8) is 0 Å². The number of hydrogen-bond donors (Lipinski definition) is 0. The van der Waals surface area contributed by atoms with Gasteiger partial charge >= 0.3 is 0 Å². The standard InChI is InChI=1S/C6H8FN/c7-5-3-1-2-4-6-8/h1,3H,2,4-5H2. The van der Waals surface area contributed by atoms with Crippen LogP contribution in [0.2, 0.25) is 0 Å². The third kappa shape index (κ3) is 5.16. The maximum atomic E-state index is 11.3. The molecule has 0 radical (unpaired) electrons. The second-order valence-corrected chi connectivity index (χ2v) is 1.32. The van der Waals surface area contributed by atoms with Crippen LogP contribution in [0, 0.1) is 11.3 Å². The lowest BCUT2D eigenvalue weighted by atomic mass is 10.3. The Kier molecular flexibility index (Phi) is 5.51. The summed E-state index contributed by atoms with van der Waals surface area (Å²) in [5, 5.41) is 7.99. The first kappa shape index (κ1) is 7.16. The number of nitrogens with zero attached hydrogens (tertiary/aromatic N) is 1. The molecule has 0 aliphatic carbocycles. The normalized spacial score (nSPS) is 9.50. The topological polar surface area (TPSA) is 23.8 Å². The Hall–Kier alpha value is -0.840. The fourth-order valence-electron chi connectivity index (χ4n) is 0.329. The van der Waals surface area contributed by atoms with Crippen LogP contribution >= 0.6 is 0 Å². The molecular weight excluding hydrogens is 105 g/mol. The van der Waals surface area contributed by atoms with E-state index in [1.807, 2.05) is 6.07 Å². The predicted molar refractivity (Wildman–Crippen MR) is 30.0 cm³/mol. The Morgan fingerprint density at radius 2 is 2.25 bits per heavy atom. The lowest BCUT2D eigenvalue weighted by Crippen LogP contribution is -1.64. The van der Waals surface area contributed by atoms with Crippen molar-refractivity contribution in [2.45, 2.75) is 12.8 Å². The molecule has 0 aromatic heterocycles. The molecule has 0 saturated heterocycles. The number of nitriles is 1. The molecule has 0 aliphatic heterocycles. The zero-order valence-corrected chi connectivity index (χ0v) is 4.60. The summed E-state index contributed by atoms with van der Waals surface area (Å²) in [5.41, 5.74) is 0. The Labute approximate surface area is 48.4 Å². The Bertz CT molecular complexity index is 102. The number of rotatable bonds is 3. The third-order valence-corrected chi connectivity index (χ3v) is 0.679. The molecule has 0 fully saturated rings. The summed E-state index contributed by atoms with van der Waals surface area (Å²) in [6.45, 7) is -0.425. The SMILES string of the molecule is N#CCCC=CCF. The predicted octanol–water partition coefficient (Wildman–Crippen LogP) is 1.82. The fraction of sp³-hybridized carbons (Fsp3) is 0.500. The van der Waals surface area contributed by atoms with Crippen molar-refractivity contribution in [2.75, 3.05) is 6.67 Å². The van der Waals surface area contributed by atoms with Crippen molar-refractivity contribution in [1.29, 1.82) is 5.26 Å². The zero-order chi connectivity index (χ0) is 6.24. The quantitative estimate of drug-likeness (QED) is 0.404. The summed E-state index contributed by atoms with van der Waals surface area (Å²) >= 11 is 0. The summed E-state index contributed by atoms with van der Waals surface area (Å²) in [7, 11) is 0. The van der Waals surface area contributed by atoms with E-state index in [0.717, 1.165) is 0 Å². The van der Waals surface area contributed by atoms with Gasteiger partial charge in [-0.05, 0) is 6.42 Å². The number of halogens is 1.